The van der Waals surface area contributed by atoms with Crippen LogP contribution in [0.4, 0.5) is 0 Å². The number of allylic oxidation sites excluding steroid dienone is 2. The molecule has 4 nitrogen and oxygen atoms in total. The molecule has 4 heterocycles. The van der Waals surface area contributed by atoms with E-state index in [1.165, 1.54) is 27.8 Å². The molecular weight excluding hydrogens is 536 g/mol. The third kappa shape index (κ3) is 4.22. The predicted octanol–water partition coefficient (Wildman–Crippen LogP) is 9.37. The van der Waals surface area contributed by atoms with Gasteiger partial charge in [-0.2, -0.15) is 0 Å². The summed E-state index contributed by atoms with van der Waals surface area (Å²) in [6.07, 6.45) is 8.24. The van der Waals surface area contributed by atoms with Gasteiger partial charge in [-0.25, -0.2) is 19.9 Å². The van der Waals surface area contributed by atoms with Gasteiger partial charge in [0.15, 0.2) is 0 Å². The molecule has 0 saturated heterocycles. The van der Waals surface area contributed by atoms with E-state index in [1.54, 1.807) is 0 Å². The quantitative estimate of drug-likeness (QED) is 0.215. The van der Waals surface area contributed by atoms with Gasteiger partial charge in [0, 0.05) is 21.7 Å². The number of benzene rings is 3. The van der Waals surface area contributed by atoms with Crippen LogP contribution in [0.5, 0.6) is 0 Å². The Kier molecular flexibility index (Phi) is 5.73. The van der Waals surface area contributed by atoms with Crippen LogP contribution in [0.1, 0.15) is 46.7 Å². The molecule has 9 rings (SSSR count). The van der Waals surface area contributed by atoms with Gasteiger partial charge in [-0.1, -0.05) is 72.8 Å². The molecule has 208 valence electrons. The summed E-state index contributed by atoms with van der Waals surface area (Å²) >= 11 is 0. The maximum absolute atomic E-state index is 5.44. The van der Waals surface area contributed by atoms with Gasteiger partial charge < -0.3 is 0 Å². The molecule has 0 aliphatic heterocycles. The van der Waals surface area contributed by atoms with Crippen molar-refractivity contribution in [2.75, 3.05) is 0 Å². The van der Waals surface area contributed by atoms with Crippen LogP contribution < -0.4 is 0 Å². The summed E-state index contributed by atoms with van der Waals surface area (Å²) in [4.78, 5) is 20.6. The minimum absolute atomic E-state index is 0.936. The molecule has 2 aliphatic rings. The maximum Gasteiger partial charge on any atom is 0.0716 e. The first-order valence-corrected chi connectivity index (χ1v) is 15.3. The minimum Gasteiger partial charge on any atom is -0.248 e. The molecule has 0 fully saturated rings. The summed E-state index contributed by atoms with van der Waals surface area (Å²) in [5, 5.41) is 3.46. The van der Waals surface area contributed by atoms with Crippen molar-refractivity contribution in [2.45, 2.75) is 25.7 Å². The van der Waals surface area contributed by atoms with E-state index in [-0.39, 0.29) is 0 Å². The Labute approximate surface area is 255 Å². The number of hydrogen-bond acceptors (Lipinski definition) is 4. The number of pyridine rings is 4. The summed E-state index contributed by atoms with van der Waals surface area (Å²) < 4.78 is 0. The third-order valence-corrected chi connectivity index (χ3v) is 9.03. The molecular formula is C40H28N4. The second-order valence-electron chi connectivity index (χ2n) is 11.7. The summed E-state index contributed by atoms with van der Waals surface area (Å²) in [5.41, 5.74) is 14.5. The molecule has 0 amide bonds. The lowest BCUT2D eigenvalue weighted by Gasteiger charge is -2.15. The van der Waals surface area contributed by atoms with E-state index in [4.69, 9.17) is 19.9 Å². The normalized spacial score (nSPS) is 15.9. The van der Waals surface area contributed by atoms with Crippen LogP contribution in [-0.2, 0) is 12.8 Å². The first-order chi connectivity index (χ1) is 21.8. The standard InChI is InChI=1S/C40H28N4/c1-4-10-34-25(7-1)13-18-30(41-34)23-28-15-20-32-38(37-22-17-27-9-3-6-12-36(27)43-37)33-21-16-29(40(33)44-39(28)32)24-31-19-14-26-8-2-5-11-35(26)42-31/h1-14,17-19,22-24H,15-16,20-21H2/b28-23+,29-24+. The first-order valence-electron chi connectivity index (χ1n) is 15.3. The van der Waals surface area contributed by atoms with Crippen LogP contribution in [0.25, 0.3) is 67.3 Å². The zero-order valence-corrected chi connectivity index (χ0v) is 24.2. The summed E-state index contributed by atoms with van der Waals surface area (Å²) in [5.74, 6) is 0. The highest BCUT2D eigenvalue weighted by Gasteiger charge is 2.31. The van der Waals surface area contributed by atoms with E-state index in [0.29, 0.717) is 0 Å². The van der Waals surface area contributed by atoms with Crippen molar-refractivity contribution < 1.29 is 0 Å². The highest BCUT2D eigenvalue weighted by Crippen LogP contribution is 2.46. The second kappa shape index (κ2) is 10.1. The van der Waals surface area contributed by atoms with Gasteiger partial charge in [-0.05, 0) is 96.5 Å². The number of rotatable bonds is 3. The number of hydrogen-bond donors (Lipinski definition) is 0. The van der Waals surface area contributed by atoms with Crippen molar-refractivity contribution in [1.82, 2.24) is 19.9 Å². The minimum atomic E-state index is 0.936. The molecule has 0 N–H and O–H groups in total. The molecule has 7 aromatic rings. The highest BCUT2D eigenvalue weighted by atomic mass is 14.8. The molecule has 0 saturated carbocycles. The fourth-order valence-corrected chi connectivity index (χ4v) is 6.92. The van der Waals surface area contributed by atoms with Crippen molar-refractivity contribution in [3.63, 3.8) is 0 Å². The molecule has 0 atom stereocenters. The Morgan fingerprint density at radius 2 is 0.864 bits per heavy atom. The van der Waals surface area contributed by atoms with Crippen LogP contribution in [0.3, 0.4) is 0 Å². The molecule has 0 spiro atoms. The van der Waals surface area contributed by atoms with E-state index in [9.17, 15) is 0 Å². The number of fused-ring (bicyclic) bond motifs is 5. The predicted molar refractivity (Wildman–Crippen MR) is 181 cm³/mol. The molecule has 3 aromatic carbocycles. The van der Waals surface area contributed by atoms with E-state index in [1.807, 2.05) is 12.1 Å². The monoisotopic (exact) mass is 564 g/mol. The average Bonchev–Trinajstić information content (AvgIpc) is 3.66. The Balaban J connectivity index is 1.23. The van der Waals surface area contributed by atoms with Crippen LogP contribution in [-0.4, -0.2) is 19.9 Å². The fraction of sp³-hybridized carbons (Fsp3) is 0.100. The lowest BCUT2D eigenvalue weighted by molar-refractivity contribution is 1.04. The summed E-state index contributed by atoms with van der Waals surface area (Å²) in [7, 11) is 0. The van der Waals surface area contributed by atoms with Crippen LogP contribution in [0.15, 0.2) is 109 Å². The largest absolute Gasteiger partial charge is 0.248 e. The Bertz CT molecular complexity index is 2220. The first kappa shape index (κ1) is 25.1. The van der Waals surface area contributed by atoms with Gasteiger partial charge in [-0.15, -0.1) is 0 Å². The number of para-hydroxylation sites is 3. The fourth-order valence-electron chi connectivity index (χ4n) is 6.92. The Morgan fingerprint density at radius 3 is 1.39 bits per heavy atom. The van der Waals surface area contributed by atoms with Crippen molar-refractivity contribution in [1.29, 1.82) is 0 Å². The van der Waals surface area contributed by atoms with E-state index in [0.717, 1.165) is 86.9 Å². The van der Waals surface area contributed by atoms with Gasteiger partial charge in [0.1, 0.15) is 0 Å². The molecule has 0 unspecified atom stereocenters. The lowest BCUT2D eigenvalue weighted by atomic mass is 9.95. The highest BCUT2D eigenvalue weighted by molar-refractivity contribution is 5.94. The van der Waals surface area contributed by atoms with E-state index < -0.39 is 0 Å². The van der Waals surface area contributed by atoms with Crippen LogP contribution >= 0.6 is 0 Å². The molecule has 0 radical (unpaired) electrons. The van der Waals surface area contributed by atoms with Crippen molar-refractivity contribution in [2.24, 2.45) is 0 Å². The van der Waals surface area contributed by atoms with Crippen molar-refractivity contribution >= 4 is 56.0 Å². The van der Waals surface area contributed by atoms with Gasteiger partial charge in [-0.3, -0.25) is 0 Å². The maximum atomic E-state index is 5.44. The van der Waals surface area contributed by atoms with Crippen LogP contribution in [0.2, 0.25) is 0 Å². The average molecular weight is 565 g/mol. The lowest BCUT2D eigenvalue weighted by Crippen LogP contribution is -2.02. The molecule has 44 heavy (non-hydrogen) atoms. The molecule has 4 aromatic heterocycles. The van der Waals surface area contributed by atoms with Crippen LogP contribution in [0, 0.1) is 0 Å². The van der Waals surface area contributed by atoms with Gasteiger partial charge >= 0.3 is 0 Å². The molecule has 4 heteroatoms. The Hall–Kier alpha value is -5.48. The van der Waals surface area contributed by atoms with Gasteiger partial charge in [0.25, 0.3) is 0 Å². The van der Waals surface area contributed by atoms with E-state index >= 15 is 0 Å². The molecule has 2 aliphatic carbocycles. The van der Waals surface area contributed by atoms with Gasteiger partial charge in [0.05, 0.1) is 45.0 Å². The smallest absolute Gasteiger partial charge is 0.0716 e. The SMILES string of the molecule is C(=C1/CCc2c1nc1c(c2-c2ccc3ccccc3n2)CC/C1=C\c1ccc2ccccc2n1)/c1ccc2ccccc2n1. The summed E-state index contributed by atoms with van der Waals surface area (Å²) in [6, 6.07) is 37.9. The molecule has 0 bridgehead atoms. The summed E-state index contributed by atoms with van der Waals surface area (Å²) in [6.45, 7) is 0. The zero-order valence-electron chi connectivity index (χ0n) is 24.2. The topological polar surface area (TPSA) is 51.6 Å². The van der Waals surface area contributed by atoms with Gasteiger partial charge in [0.2, 0.25) is 0 Å². The van der Waals surface area contributed by atoms with Crippen molar-refractivity contribution in [3.05, 3.63) is 143 Å². The van der Waals surface area contributed by atoms with Crippen molar-refractivity contribution in [3.8, 4) is 11.3 Å². The zero-order chi connectivity index (χ0) is 29.0. The number of nitrogens with zero attached hydrogens (tertiary/aromatic N) is 4. The second-order valence-corrected chi connectivity index (χ2v) is 11.7. The Morgan fingerprint density at radius 1 is 0.409 bits per heavy atom. The third-order valence-electron chi connectivity index (χ3n) is 9.03. The number of aromatic nitrogens is 4. The van der Waals surface area contributed by atoms with E-state index in [2.05, 4.69) is 109 Å².